The number of fused-ring (bicyclic) bond motifs is 1. The highest BCUT2D eigenvalue weighted by molar-refractivity contribution is 5.82. The summed E-state index contributed by atoms with van der Waals surface area (Å²) in [6.07, 6.45) is -6.40. The van der Waals surface area contributed by atoms with Crippen molar-refractivity contribution in [1.29, 1.82) is 0 Å². The number of hydrogen-bond acceptors (Lipinski definition) is 4. The summed E-state index contributed by atoms with van der Waals surface area (Å²) in [6.45, 7) is 0.861. The lowest BCUT2D eigenvalue weighted by Gasteiger charge is -2.41. The second-order valence-electron chi connectivity index (χ2n) is 10.9. The van der Waals surface area contributed by atoms with Crippen LogP contribution in [0.3, 0.4) is 0 Å². The number of aromatic nitrogens is 2. The van der Waals surface area contributed by atoms with Crippen LogP contribution in [0.2, 0.25) is 0 Å². The van der Waals surface area contributed by atoms with Gasteiger partial charge in [-0.3, -0.25) is 0 Å². The third kappa shape index (κ3) is 5.86. The molecular formula is C27H28F7N3O2. The first-order valence-corrected chi connectivity index (χ1v) is 12.7. The van der Waals surface area contributed by atoms with Crippen molar-refractivity contribution >= 4 is 11.0 Å². The van der Waals surface area contributed by atoms with E-state index in [9.17, 15) is 35.8 Å². The molecule has 5 nitrogen and oxygen atoms in total. The normalized spacial score (nSPS) is 27.9. The molecule has 1 aliphatic heterocycles. The Morgan fingerprint density at radius 3 is 2.28 bits per heavy atom. The van der Waals surface area contributed by atoms with E-state index in [0.29, 0.717) is 31.2 Å². The number of ether oxygens (including phenoxy) is 1. The van der Waals surface area contributed by atoms with Gasteiger partial charge in [0.2, 0.25) is 0 Å². The van der Waals surface area contributed by atoms with Crippen LogP contribution in [0, 0.1) is 0 Å². The predicted molar refractivity (Wildman–Crippen MR) is 129 cm³/mol. The molecule has 2 aromatic carbocycles. The fourth-order valence-corrected chi connectivity index (χ4v) is 5.76. The second-order valence-corrected chi connectivity index (χ2v) is 10.9. The van der Waals surface area contributed by atoms with Crippen molar-refractivity contribution in [1.82, 2.24) is 14.9 Å². The van der Waals surface area contributed by atoms with E-state index in [0.717, 1.165) is 18.2 Å². The highest BCUT2D eigenvalue weighted by Crippen LogP contribution is 2.45. The Bertz CT molecular complexity index is 1310. The molecule has 1 aromatic heterocycles. The van der Waals surface area contributed by atoms with Gasteiger partial charge in [-0.05, 0) is 62.3 Å². The smallest absolute Gasteiger partial charge is 0.418 e. The number of nitrogens with zero attached hydrogens (tertiary/aromatic N) is 2. The zero-order chi connectivity index (χ0) is 28.2. The summed E-state index contributed by atoms with van der Waals surface area (Å²) in [5.41, 5.74) is -1.94. The van der Waals surface area contributed by atoms with Crippen molar-refractivity contribution in [2.45, 2.75) is 74.6 Å². The highest BCUT2D eigenvalue weighted by Gasteiger charge is 2.42. The number of nitrogens with one attached hydrogen (secondary N) is 1. The van der Waals surface area contributed by atoms with Crippen LogP contribution in [0.1, 0.15) is 61.3 Å². The fraction of sp³-hybridized carbons (Fsp3) is 0.519. The van der Waals surface area contributed by atoms with Crippen LogP contribution in [0.15, 0.2) is 42.7 Å². The standard InChI is InChI=1S/C27H28F7N3O2/c1-25(38)10-20(11-25)37-14-35-23-9-21(8-22(24(23)37)27(32,33)34)39-13-19-7-16(6-18(12-28)36-19)15-2-4-17(5-3-15)26(29,30)31/h2-5,8-9,14,16,18-20,36,38H,6-7,10-13H2,1H3. The van der Waals surface area contributed by atoms with Crippen molar-refractivity contribution in [3.05, 3.63) is 59.4 Å². The molecule has 12 heteroatoms. The van der Waals surface area contributed by atoms with Gasteiger partial charge in [-0.15, -0.1) is 0 Å². The van der Waals surface area contributed by atoms with Gasteiger partial charge >= 0.3 is 12.4 Å². The number of benzene rings is 2. The van der Waals surface area contributed by atoms with Gasteiger partial charge in [0.1, 0.15) is 19.0 Å². The lowest BCUT2D eigenvalue weighted by atomic mass is 9.77. The van der Waals surface area contributed by atoms with E-state index in [4.69, 9.17) is 4.74 Å². The van der Waals surface area contributed by atoms with Gasteiger partial charge in [0, 0.05) is 24.2 Å². The van der Waals surface area contributed by atoms with Crippen LogP contribution in [-0.2, 0) is 12.4 Å². The number of imidazole rings is 1. The van der Waals surface area contributed by atoms with Crippen LogP contribution in [-0.4, -0.2) is 45.6 Å². The average molecular weight is 560 g/mol. The molecule has 3 unspecified atom stereocenters. The van der Waals surface area contributed by atoms with E-state index >= 15 is 0 Å². The van der Waals surface area contributed by atoms with E-state index < -0.39 is 47.8 Å². The van der Waals surface area contributed by atoms with Gasteiger partial charge in [0.15, 0.2) is 0 Å². The van der Waals surface area contributed by atoms with Crippen LogP contribution in [0.4, 0.5) is 30.7 Å². The molecule has 2 N–H and O–H groups in total. The van der Waals surface area contributed by atoms with E-state index in [-0.39, 0.29) is 35.3 Å². The third-order valence-electron chi connectivity index (χ3n) is 7.65. The first-order chi connectivity index (χ1) is 18.2. The first kappa shape index (κ1) is 27.7. The molecule has 3 atom stereocenters. The number of rotatable bonds is 6. The Kier molecular flexibility index (Phi) is 7.07. The molecular weight excluding hydrogens is 531 g/mol. The van der Waals surface area contributed by atoms with E-state index in [1.807, 2.05) is 0 Å². The van der Waals surface area contributed by atoms with Crippen LogP contribution >= 0.6 is 0 Å². The quantitative estimate of drug-likeness (QED) is 0.343. The summed E-state index contributed by atoms with van der Waals surface area (Å²) in [5, 5.41) is 13.1. The summed E-state index contributed by atoms with van der Waals surface area (Å²) >= 11 is 0. The molecule has 2 heterocycles. The zero-order valence-electron chi connectivity index (χ0n) is 21.0. The summed E-state index contributed by atoms with van der Waals surface area (Å²) < 4.78 is 102. The van der Waals surface area contributed by atoms with Gasteiger partial charge < -0.3 is 19.7 Å². The summed E-state index contributed by atoms with van der Waals surface area (Å²) in [7, 11) is 0. The maximum absolute atomic E-state index is 14.1. The average Bonchev–Trinajstić information content (AvgIpc) is 3.27. The SMILES string of the molecule is CC1(O)CC(n2cnc3cc(OCC4CC(c5ccc(C(F)(F)F)cc5)CC(CF)N4)cc(C(F)(F)F)c32)C1. The number of hydrogen-bond donors (Lipinski definition) is 2. The summed E-state index contributed by atoms with van der Waals surface area (Å²) in [6, 6.07) is 5.77. The molecule has 1 saturated carbocycles. The molecule has 5 rings (SSSR count). The zero-order valence-corrected chi connectivity index (χ0v) is 21.0. The van der Waals surface area contributed by atoms with Gasteiger partial charge in [-0.25, -0.2) is 9.37 Å². The summed E-state index contributed by atoms with van der Waals surface area (Å²) in [5.74, 6) is -0.289. The minimum Gasteiger partial charge on any atom is -0.492 e. The van der Waals surface area contributed by atoms with Crippen molar-refractivity contribution in [3.63, 3.8) is 0 Å². The molecule has 0 radical (unpaired) electrons. The monoisotopic (exact) mass is 559 g/mol. The fourth-order valence-electron chi connectivity index (χ4n) is 5.76. The molecule has 0 spiro atoms. The molecule has 2 aliphatic rings. The van der Waals surface area contributed by atoms with Crippen molar-refractivity contribution < 1.29 is 40.6 Å². The molecule has 2 fully saturated rings. The largest absolute Gasteiger partial charge is 0.492 e. The van der Waals surface area contributed by atoms with E-state index in [2.05, 4.69) is 10.3 Å². The number of aliphatic hydroxyl groups is 1. The van der Waals surface area contributed by atoms with Crippen LogP contribution < -0.4 is 10.1 Å². The minimum absolute atomic E-state index is 0.0454. The second kappa shape index (κ2) is 9.96. The van der Waals surface area contributed by atoms with Crippen molar-refractivity contribution in [3.8, 4) is 5.75 Å². The first-order valence-electron chi connectivity index (χ1n) is 12.7. The van der Waals surface area contributed by atoms with E-state index in [1.54, 1.807) is 6.92 Å². The molecule has 1 aliphatic carbocycles. The topological polar surface area (TPSA) is 59.3 Å². The highest BCUT2D eigenvalue weighted by atomic mass is 19.4. The molecule has 0 amide bonds. The van der Waals surface area contributed by atoms with Crippen LogP contribution in [0.5, 0.6) is 5.75 Å². The van der Waals surface area contributed by atoms with Crippen molar-refractivity contribution in [2.24, 2.45) is 0 Å². The molecule has 3 aromatic rings. The number of halogens is 7. The predicted octanol–water partition coefficient (Wildman–Crippen LogP) is 6.41. The summed E-state index contributed by atoms with van der Waals surface area (Å²) in [4.78, 5) is 4.16. The number of alkyl halides is 7. The molecule has 212 valence electrons. The Labute approximate surface area is 220 Å². The van der Waals surface area contributed by atoms with Crippen LogP contribution in [0.25, 0.3) is 11.0 Å². The Morgan fingerprint density at radius 2 is 1.69 bits per heavy atom. The third-order valence-corrected chi connectivity index (χ3v) is 7.65. The Balaban J connectivity index is 1.34. The van der Waals surface area contributed by atoms with Gasteiger partial charge in [0.25, 0.3) is 0 Å². The van der Waals surface area contributed by atoms with E-state index in [1.165, 1.54) is 29.1 Å². The Morgan fingerprint density at radius 1 is 1.03 bits per heavy atom. The van der Waals surface area contributed by atoms with Gasteiger partial charge in [0.05, 0.1) is 34.1 Å². The van der Waals surface area contributed by atoms with Crippen molar-refractivity contribution in [2.75, 3.05) is 13.3 Å². The molecule has 39 heavy (non-hydrogen) atoms. The van der Waals surface area contributed by atoms with Gasteiger partial charge in [-0.2, -0.15) is 26.3 Å². The maximum atomic E-state index is 14.1. The number of piperidine rings is 1. The Hall–Kier alpha value is -2.86. The molecule has 0 bridgehead atoms. The lowest BCUT2D eigenvalue weighted by Crippen LogP contribution is -2.48. The molecule has 1 saturated heterocycles. The van der Waals surface area contributed by atoms with Gasteiger partial charge in [-0.1, -0.05) is 12.1 Å². The maximum Gasteiger partial charge on any atom is 0.418 e. The lowest BCUT2D eigenvalue weighted by molar-refractivity contribution is -0.138. The minimum atomic E-state index is -4.68.